The van der Waals surface area contributed by atoms with E-state index >= 15 is 0 Å². The van der Waals surface area contributed by atoms with Crippen LogP contribution in [0.2, 0.25) is 0 Å². The van der Waals surface area contributed by atoms with Gasteiger partial charge >= 0.3 is 0 Å². The fourth-order valence-corrected chi connectivity index (χ4v) is 6.52. The maximum atomic E-state index is 5.87. The van der Waals surface area contributed by atoms with Crippen LogP contribution >= 0.6 is 0 Å². The van der Waals surface area contributed by atoms with Crippen molar-refractivity contribution in [2.75, 3.05) is 5.73 Å². The van der Waals surface area contributed by atoms with Crippen LogP contribution in [0.1, 0.15) is 63.2 Å². The zero-order chi connectivity index (χ0) is 13.3. The molecule has 4 nitrogen and oxygen atoms in total. The first-order valence-corrected chi connectivity index (χ1v) is 8.43. The molecule has 1 atom stereocenters. The van der Waals surface area contributed by atoms with E-state index in [0.29, 0.717) is 17.4 Å². The standard InChI is InChI=1S/C16H24N4/c17-15-18-14-3-1-2-13(20(14)19-15)16-7-10-4-11(8-16)6-12(5-10)9-16/h10-13H,1-9H2,(H2,17,19). The summed E-state index contributed by atoms with van der Waals surface area (Å²) in [4.78, 5) is 4.46. The molecule has 108 valence electrons. The molecule has 0 radical (unpaired) electrons. The fourth-order valence-electron chi connectivity index (χ4n) is 6.52. The van der Waals surface area contributed by atoms with E-state index in [4.69, 9.17) is 5.73 Å². The molecule has 4 aliphatic carbocycles. The lowest BCUT2D eigenvalue weighted by molar-refractivity contribution is -0.0898. The first kappa shape index (κ1) is 11.6. The van der Waals surface area contributed by atoms with Gasteiger partial charge in [0.25, 0.3) is 0 Å². The Hall–Kier alpha value is -1.06. The SMILES string of the molecule is Nc1nc2n(n1)C(C13CC4CC(CC(C4)C1)C3)CCC2. The fraction of sp³-hybridized carbons (Fsp3) is 0.875. The topological polar surface area (TPSA) is 56.7 Å². The Morgan fingerprint density at radius 3 is 2.35 bits per heavy atom. The van der Waals surface area contributed by atoms with E-state index in [1.54, 1.807) is 0 Å². The molecule has 5 aliphatic rings. The van der Waals surface area contributed by atoms with Gasteiger partial charge in [-0.3, -0.25) is 0 Å². The molecule has 1 aliphatic heterocycles. The maximum absolute atomic E-state index is 5.87. The molecule has 2 heterocycles. The molecule has 20 heavy (non-hydrogen) atoms. The highest BCUT2D eigenvalue weighted by Gasteiger charge is 2.55. The van der Waals surface area contributed by atoms with Gasteiger partial charge in [0.1, 0.15) is 5.82 Å². The summed E-state index contributed by atoms with van der Waals surface area (Å²) >= 11 is 0. The van der Waals surface area contributed by atoms with Crippen LogP contribution in [-0.4, -0.2) is 14.8 Å². The molecule has 6 rings (SSSR count). The van der Waals surface area contributed by atoms with Crippen LogP contribution in [0.15, 0.2) is 0 Å². The Bertz CT molecular complexity index is 511. The molecule has 0 saturated heterocycles. The molecule has 4 bridgehead atoms. The summed E-state index contributed by atoms with van der Waals surface area (Å²) in [6, 6.07) is 0.587. The minimum absolute atomic E-state index is 0.483. The predicted molar refractivity (Wildman–Crippen MR) is 77.0 cm³/mol. The normalized spacial score (nSPS) is 45.6. The Labute approximate surface area is 120 Å². The summed E-state index contributed by atoms with van der Waals surface area (Å²) in [5, 5.41) is 4.57. The number of fused-ring (bicyclic) bond motifs is 1. The van der Waals surface area contributed by atoms with E-state index < -0.39 is 0 Å². The van der Waals surface area contributed by atoms with Crippen molar-refractivity contribution in [2.45, 2.75) is 63.8 Å². The monoisotopic (exact) mass is 272 g/mol. The molecular formula is C16H24N4. The minimum Gasteiger partial charge on any atom is -0.366 e. The van der Waals surface area contributed by atoms with Crippen molar-refractivity contribution in [2.24, 2.45) is 23.2 Å². The van der Waals surface area contributed by atoms with Crippen LogP contribution in [0.5, 0.6) is 0 Å². The Kier molecular flexibility index (Phi) is 2.19. The van der Waals surface area contributed by atoms with E-state index in [-0.39, 0.29) is 0 Å². The van der Waals surface area contributed by atoms with Crippen molar-refractivity contribution in [1.29, 1.82) is 0 Å². The second-order valence-corrected chi connectivity index (χ2v) is 8.02. The third kappa shape index (κ3) is 1.48. The summed E-state index contributed by atoms with van der Waals surface area (Å²) < 4.78 is 2.24. The molecule has 0 spiro atoms. The largest absolute Gasteiger partial charge is 0.366 e. The number of hydrogen-bond acceptors (Lipinski definition) is 3. The smallest absolute Gasteiger partial charge is 0.239 e. The third-order valence-electron chi connectivity index (χ3n) is 6.68. The average molecular weight is 272 g/mol. The van der Waals surface area contributed by atoms with E-state index in [1.807, 2.05) is 0 Å². The van der Waals surface area contributed by atoms with Gasteiger partial charge in [-0.05, 0) is 74.5 Å². The minimum atomic E-state index is 0.483. The van der Waals surface area contributed by atoms with Gasteiger partial charge in [0.15, 0.2) is 0 Å². The number of aromatic nitrogens is 3. The van der Waals surface area contributed by atoms with Gasteiger partial charge in [-0.15, -0.1) is 5.10 Å². The van der Waals surface area contributed by atoms with Crippen LogP contribution in [0, 0.1) is 23.2 Å². The Morgan fingerprint density at radius 2 is 1.70 bits per heavy atom. The second kappa shape index (κ2) is 3.77. The number of anilines is 1. The molecule has 1 aromatic rings. The molecule has 2 N–H and O–H groups in total. The van der Waals surface area contributed by atoms with Crippen molar-refractivity contribution < 1.29 is 0 Å². The molecule has 4 saturated carbocycles. The second-order valence-electron chi connectivity index (χ2n) is 8.02. The molecule has 0 aromatic carbocycles. The summed E-state index contributed by atoms with van der Waals surface area (Å²) in [5.74, 6) is 4.65. The molecule has 4 heteroatoms. The summed E-state index contributed by atoms with van der Waals surface area (Å²) in [6.45, 7) is 0. The number of hydrogen-bond donors (Lipinski definition) is 1. The van der Waals surface area contributed by atoms with Crippen LogP contribution in [-0.2, 0) is 6.42 Å². The molecule has 1 aromatic heterocycles. The zero-order valence-corrected chi connectivity index (χ0v) is 12.1. The van der Waals surface area contributed by atoms with Gasteiger partial charge in [-0.1, -0.05) is 0 Å². The van der Waals surface area contributed by atoms with E-state index in [2.05, 4.69) is 14.8 Å². The highest BCUT2D eigenvalue weighted by molar-refractivity contribution is 5.17. The van der Waals surface area contributed by atoms with Crippen LogP contribution in [0.4, 0.5) is 5.95 Å². The van der Waals surface area contributed by atoms with Crippen molar-refractivity contribution in [3.63, 3.8) is 0 Å². The zero-order valence-electron chi connectivity index (χ0n) is 12.1. The first-order chi connectivity index (χ1) is 9.72. The Balaban J connectivity index is 1.57. The number of nitrogens with zero attached hydrogens (tertiary/aromatic N) is 3. The highest BCUT2D eigenvalue weighted by Crippen LogP contribution is 2.64. The van der Waals surface area contributed by atoms with Crippen LogP contribution in [0.3, 0.4) is 0 Å². The van der Waals surface area contributed by atoms with Gasteiger partial charge in [-0.2, -0.15) is 4.98 Å². The number of rotatable bonds is 1. The first-order valence-electron chi connectivity index (χ1n) is 8.43. The molecule has 0 amide bonds. The van der Waals surface area contributed by atoms with Gasteiger partial charge in [0.2, 0.25) is 5.95 Å². The number of nitrogen functional groups attached to an aromatic ring is 1. The van der Waals surface area contributed by atoms with Crippen molar-refractivity contribution >= 4 is 5.95 Å². The van der Waals surface area contributed by atoms with E-state index in [0.717, 1.165) is 30.0 Å². The summed E-state index contributed by atoms with van der Waals surface area (Å²) in [6.07, 6.45) is 12.5. The van der Waals surface area contributed by atoms with E-state index in [9.17, 15) is 0 Å². The predicted octanol–water partition coefficient (Wildman–Crippen LogP) is 2.95. The third-order valence-corrected chi connectivity index (χ3v) is 6.68. The number of nitrogens with two attached hydrogens (primary N) is 1. The highest BCUT2D eigenvalue weighted by atomic mass is 15.4. The lowest BCUT2D eigenvalue weighted by Crippen LogP contribution is -2.51. The average Bonchev–Trinajstić information content (AvgIpc) is 2.76. The summed E-state index contributed by atoms with van der Waals surface area (Å²) in [5.41, 5.74) is 6.40. The lowest BCUT2D eigenvalue weighted by Gasteiger charge is -2.59. The van der Waals surface area contributed by atoms with Gasteiger partial charge < -0.3 is 5.73 Å². The van der Waals surface area contributed by atoms with E-state index in [1.165, 1.54) is 51.4 Å². The molecular weight excluding hydrogens is 248 g/mol. The van der Waals surface area contributed by atoms with Crippen molar-refractivity contribution in [3.05, 3.63) is 5.82 Å². The van der Waals surface area contributed by atoms with Gasteiger partial charge in [0, 0.05) is 6.42 Å². The Morgan fingerprint density at radius 1 is 1.05 bits per heavy atom. The van der Waals surface area contributed by atoms with Crippen LogP contribution in [0.25, 0.3) is 0 Å². The van der Waals surface area contributed by atoms with Gasteiger partial charge in [-0.25, -0.2) is 4.68 Å². The van der Waals surface area contributed by atoms with Crippen molar-refractivity contribution in [3.8, 4) is 0 Å². The number of aryl methyl sites for hydroxylation is 1. The lowest BCUT2D eigenvalue weighted by atomic mass is 9.47. The van der Waals surface area contributed by atoms with Crippen molar-refractivity contribution in [1.82, 2.24) is 14.8 Å². The maximum Gasteiger partial charge on any atom is 0.239 e. The summed E-state index contributed by atoms with van der Waals surface area (Å²) in [7, 11) is 0. The van der Waals surface area contributed by atoms with Crippen LogP contribution < -0.4 is 5.73 Å². The quantitative estimate of drug-likeness (QED) is 0.855. The molecule has 1 unspecified atom stereocenters. The van der Waals surface area contributed by atoms with Gasteiger partial charge in [0.05, 0.1) is 6.04 Å². The molecule has 4 fully saturated rings.